The SMILES string of the molecule is COc1cc2oc(-c3ccc(O)cc3)c(O[C@]3([C@@H]4O[C@H](CO)[C@H](O)[C@@H](O)[C@@H]4O)O[C@H](CO)[C@@H](O)[C@H](O)[C@H]3O)c(=O)c2c(O)c1OC. The van der Waals surface area contributed by atoms with Gasteiger partial charge in [-0.05, 0) is 24.3 Å². The summed E-state index contributed by atoms with van der Waals surface area (Å²) in [5, 5.41) is 105. The molecule has 2 aliphatic heterocycles. The first-order valence-corrected chi connectivity index (χ1v) is 13.9. The van der Waals surface area contributed by atoms with E-state index in [1.165, 1.54) is 44.6 Å². The van der Waals surface area contributed by atoms with Crippen molar-refractivity contribution in [3.05, 3.63) is 40.6 Å². The minimum Gasteiger partial charge on any atom is -0.508 e. The Kier molecular flexibility index (Phi) is 9.35. The van der Waals surface area contributed by atoms with Gasteiger partial charge in [0.05, 0.1) is 27.4 Å². The van der Waals surface area contributed by atoms with Gasteiger partial charge in [-0.15, -0.1) is 0 Å². The Morgan fingerprint density at radius 3 is 2.02 bits per heavy atom. The monoisotopic (exact) mass is 654 g/mol. The first kappa shape index (κ1) is 33.6. The van der Waals surface area contributed by atoms with Crippen LogP contribution in [0.15, 0.2) is 39.5 Å². The molecule has 17 heteroatoms. The average molecular weight is 655 g/mol. The molecule has 252 valence electrons. The van der Waals surface area contributed by atoms with E-state index < -0.39 is 102 Å². The van der Waals surface area contributed by atoms with Gasteiger partial charge in [0.25, 0.3) is 5.79 Å². The number of aromatic hydroxyl groups is 2. The van der Waals surface area contributed by atoms with Gasteiger partial charge in [-0.2, -0.15) is 0 Å². The molecule has 0 amide bonds. The van der Waals surface area contributed by atoms with Crippen molar-refractivity contribution >= 4 is 11.0 Å². The number of benzene rings is 2. The quantitative estimate of drug-likeness (QED) is 0.118. The first-order chi connectivity index (χ1) is 21.8. The third-order valence-electron chi connectivity index (χ3n) is 8.12. The Bertz CT molecular complexity index is 1600. The van der Waals surface area contributed by atoms with Crippen LogP contribution in [0.3, 0.4) is 0 Å². The van der Waals surface area contributed by atoms with Gasteiger partial charge in [0.2, 0.25) is 16.9 Å². The van der Waals surface area contributed by atoms with E-state index in [1.807, 2.05) is 0 Å². The summed E-state index contributed by atoms with van der Waals surface area (Å²) in [5.41, 5.74) is -1.34. The van der Waals surface area contributed by atoms with Gasteiger partial charge in [0.15, 0.2) is 29.5 Å². The number of fused-ring (bicyclic) bond motifs is 1. The molecule has 46 heavy (non-hydrogen) atoms. The summed E-state index contributed by atoms with van der Waals surface area (Å²) < 4.78 is 33.9. The van der Waals surface area contributed by atoms with Crippen LogP contribution < -0.4 is 19.6 Å². The molecule has 1 aromatic heterocycles. The van der Waals surface area contributed by atoms with Crippen molar-refractivity contribution in [2.24, 2.45) is 0 Å². The van der Waals surface area contributed by atoms with E-state index in [0.717, 1.165) is 0 Å². The number of methoxy groups -OCH3 is 2. The van der Waals surface area contributed by atoms with E-state index in [2.05, 4.69) is 0 Å². The van der Waals surface area contributed by atoms with Crippen LogP contribution in [0.25, 0.3) is 22.3 Å². The van der Waals surface area contributed by atoms with E-state index in [-0.39, 0.29) is 28.4 Å². The Morgan fingerprint density at radius 2 is 1.43 bits per heavy atom. The van der Waals surface area contributed by atoms with Crippen molar-refractivity contribution in [3.63, 3.8) is 0 Å². The average Bonchev–Trinajstić information content (AvgIpc) is 3.05. The molecule has 10 atom stereocenters. The number of aliphatic hydroxyl groups excluding tert-OH is 8. The third-order valence-corrected chi connectivity index (χ3v) is 8.12. The molecular formula is C29H34O17. The topological polar surface area (TPSA) is 279 Å². The van der Waals surface area contributed by atoms with Gasteiger partial charge in [-0.1, -0.05) is 0 Å². The maximum Gasteiger partial charge on any atom is 0.269 e. The summed E-state index contributed by atoms with van der Waals surface area (Å²) in [5.74, 6) is -5.55. The second-order valence-corrected chi connectivity index (χ2v) is 10.8. The summed E-state index contributed by atoms with van der Waals surface area (Å²) >= 11 is 0. The molecule has 2 saturated heterocycles. The van der Waals surface area contributed by atoms with Crippen molar-refractivity contribution in [3.8, 4) is 40.1 Å². The van der Waals surface area contributed by atoms with Crippen molar-refractivity contribution in [1.29, 1.82) is 0 Å². The number of aliphatic hydroxyl groups is 8. The predicted octanol–water partition coefficient (Wildman–Crippen LogP) is -2.72. The van der Waals surface area contributed by atoms with Crippen LogP contribution in [-0.2, 0) is 9.47 Å². The Labute approximate surface area is 259 Å². The van der Waals surface area contributed by atoms with Crippen LogP contribution in [-0.4, -0.2) is 139 Å². The maximum atomic E-state index is 14.3. The van der Waals surface area contributed by atoms with E-state index in [4.69, 9.17) is 28.1 Å². The fraction of sp³-hybridized carbons (Fsp3) is 0.483. The summed E-state index contributed by atoms with van der Waals surface area (Å²) in [6.45, 7) is -1.95. The van der Waals surface area contributed by atoms with Crippen LogP contribution >= 0.6 is 0 Å². The fourth-order valence-corrected chi connectivity index (χ4v) is 5.66. The maximum absolute atomic E-state index is 14.3. The molecule has 5 rings (SSSR count). The minimum atomic E-state index is -3.01. The van der Waals surface area contributed by atoms with Gasteiger partial charge in [0, 0.05) is 11.6 Å². The zero-order valence-corrected chi connectivity index (χ0v) is 24.3. The lowest BCUT2D eigenvalue weighted by atomic mass is 9.83. The molecule has 17 nitrogen and oxygen atoms in total. The number of hydrogen-bond acceptors (Lipinski definition) is 17. The summed E-state index contributed by atoms with van der Waals surface area (Å²) in [4.78, 5) is 14.3. The highest BCUT2D eigenvalue weighted by atomic mass is 16.8. The molecule has 0 radical (unpaired) electrons. The molecule has 0 unspecified atom stereocenters. The molecule has 0 saturated carbocycles. The molecule has 0 spiro atoms. The molecule has 0 aliphatic carbocycles. The largest absolute Gasteiger partial charge is 0.508 e. The molecule has 3 heterocycles. The lowest BCUT2D eigenvalue weighted by molar-refractivity contribution is -0.396. The number of rotatable bonds is 8. The molecule has 10 N–H and O–H groups in total. The molecule has 0 bridgehead atoms. The normalized spacial score (nSPS) is 33.1. The van der Waals surface area contributed by atoms with Crippen LogP contribution in [0, 0.1) is 0 Å². The van der Waals surface area contributed by atoms with E-state index in [9.17, 15) is 55.9 Å². The number of hydrogen-bond donors (Lipinski definition) is 10. The predicted molar refractivity (Wildman–Crippen MR) is 151 cm³/mol. The van der Waals surface area contributed by atoms with Crippen LogP contribution in [0.4, 0.5) is 0 Å². The van der Waals surface area contributed by atoms with Gasteiger partial charge < -0.3 is 79.2 Å². The highest BCUT2D eigenvalue weighted by Crippen LogP contribution is 2.46. The second kappa shape index (κ2) is 12.8. The van der Waals surface area contributed by atoms with Gasteiger partial charge in [-0.3, -0.25) is 4.79 Å². The van der Waals surface area contributed by atoms with Crippen LogP contribution in [0.5, 0.6) is 28.7 Å². The molecule has 2 fully saturated rings. The van der Waals surface area contributed by atoms with Crippen molar-refractivity contribution in [2.75, 3.05) is 27.4 Å². The van der Waals surface area contributed by atoms with E-state index in [1.54, 1.807) is 0 Å². The molecule has 2 aromatic carbocycles. The van der Waals surface area contributed by atoms with Crippen LogP contribution in [0.1, 0.15) is 0 Å². The van der Waals surface area contributed by atoms with Crippen molar-refractivity contribution in [1.82, 2.24) is 0 Å². The second-order valence-electron chi connectivity index (χ2n) is 10.8. The van der Waals surface area contributed by atoms with E-state index in [0.29, 0.717) is 0 Å². The smallest absolute Gasteiger partial charge is 0.269 e. The van der Waals surface area contributed by atoms with Gasteiger partial charge >= 0.3 is 0 Å². The Morgan fingerprint density at radius 1 is 0.804 bits per heavy atom. The van der Waals surface area contributed by atoms with Gasteiger partial charge in [0.1, 0.15) is 59.4 Å². The third kappa shape index (κ3) is 5.29. The zero-order valence-electron chi connectivity index (χ0n) is 24.3. The zero-order chi connectivity index (χ0) is 33.7. The highest BCUT2D eigenvalue weighted by Gasteiger charge is 2.65. The van der Waals surface area contributed by atoms with Crippen molar-refractivity contribution in [2.45, 2.75) is 60.7 Å². The highest BCUT2D eigenvalue weighted by molar-refractivity contribution is 5.91. The number of phenolic OH excluding ortho intramolecular Hbond substituents is 2. The number of phenols is 2. The van der Waals surface area contributed by atoms with E-state index >= 15 is 0 Å². The molecule has 3 aromatic rings. The van der Waals surface area contributed by atoms with Crippen molar-refractivity contribution < 1.29 is 79.2 Å². The lowest BCUT2D eigenvalue weighted by Gasteiger charge is -2.54. The number of ether oxygens (including phenoxy) is 5. The molecular weight excluding hydrogens is 620 g/mol. The summed E-state index contributed by atoms with van der Waals surface area (Å²) in [7, 11) is 2.46. The Hall–Kier alpha value is -3.75. The standard InChI is InChI=1S/C29H34O17/c1-41-13-7-12-16(19(35)25(13)42-2)20(36)26(24(43-12)10-3-5-11(32)6-4-10)46-29(27(40)22(38)18(34)15(9-31)45-29)28-23(39)21(37)17(33)14(8-30)44-28/h3-7,14-15,17-18,21-23,27-28,30-35,37-40H,8-9H2,1-2H3/t14-,15-,17+,18-,21-,22+,23+,27-,28-,29-/m1/s1. The lowest BCUT2D eigenvalue weighted by Crippen LogP contribution is -2.77. The van der Waals surface area contributed by atoms with Gasteiger partial charge in [-0.25, -0.2) is 0 Å². The summed E-state index contributed by atoms with van der Waals surface area (Å²) in [6, 6.07) is 6.30. The first-order valence-electron chi connectivity index (χ1n) is 13.9. The minimum absolute atomic E-state index is 0.0345. The Balaban J connectivity index is 1.83. The summed E-state index contributed by atoms with van der Waals surface area (Å²) in [6.07, 6.45) is -18.3. The van der Waals surface area contributed by atoms with Crippen LogP contribution in [0.2, 0.25) is 0 Å². The molecule has 2 aliphatic rings. The fourth-order valence-electron chi connectivity index (χ4n) is 5.66.